The highest BCUT2D eigenvalue weighted by atomic mass is 19.4. The first-order chi connectivity index (χ1) is 14.3. The number of esters is 1. The molecule has 0 fully saturated rings. The predicted octanol–water partition coefficient (Wildman–Crippen LogP) is 3.87. The molecule has 30 heavy (non-hydrogen) atoms. The van der Waals surface area contributed by atoms with Crippen LogP contribution in [0.4, 0.5) is 18.9 Å². The Labute approximate surface area is 167 Å². The van der Waals surface area contributed by atoms with Crippen molar-refractivity contribution in [1.82, 2.24) is 19.7 Å². The second-order valence-corrected chi connectivity index (χ2v) is 6.41. The Morgan fingerprint density at radius 2 is 1.93 bits per heavy atom. The number of nitrogen functional groups attached to an aromatic ring is 1. The Morgan fingerprint density at radius 3 is 2.63 bits per heavy atom. The van der Waals surface area contributed by atoms with E-state index in [0.29, 0.717) is 27.7 Å². The Balaban J connectivity index is 1.91. The minimum Gasteiger partial charge on any atom is -0.465 e. The van der Waals surface area contributed by atoms with Crippen molar-refractivity contribution in [1.29, 1.82) is 0 Å². The molecule has 4 rings (SSSR count). The predicted molar refractivity (Wildman–Crippen MR) is 103 cm³/mol. The second-order valence-electron chi connectivity index (χ2n) is 6.41. The molecule has 0 atom stereocenters. The van der Waals surface area contributed by atoms with E-state index in [1.807, 2.05) is 0 Å². The molecule has 3 aromatic heterocycles. The molecule has 0 amide bonds. The molecule has 0 aliphatic carbocycles. The number of ether oxygens (including phenoxy) is 1. The van der Waals surface area contributed by atoms with E-state index in [-0.39, 0.29) is 11.4 Å². The average molecular weight is 413 g/mol. The van der Waals surface area contributed by atoms with Crippen molar-refractivity contribution < 1.29 is 22.7 Å². The molecular weight excluding hydrogens is 399 g/mol. The first kappa shape index (κ1) is 19.4. The highest BCUT2D eigenvalue weighted by Crippen LogP contribution is 2.30. The van der Waals surface area contributed by atoms with Crippen LogP contribution >= 0.6 is 0 Å². The molecule has 0 saturated heterocycles. The van der Waals surface area contributed by atoms with E-state index >= 15 is 0 Å². The highest BCUT2D eigenvalue weighted by Gasteiger charge is 2.32. The molecular formula is C20H14F3N5O2. The van der Waals surface area contributed by atoms with Crippen LogP contribution in [0.15, 0.2) is 55.0 Å². The number of carbonyl (C=O) groups is 1. The van der Waals surface area contributed by atoms with Crippen LogP contribution in [0.2, 0.25) is 0 Å². The van der Waals surface area contributed by atoms with E-state index in [0.717, 1.165) is 6.07 Å². The van der Waals surface area contributed by atoms with Crippen LogP contribution in [-0.4, -0.2) is 32.8 Å². The van der Waals surface area contributed by atoms with Gasteiger partial charge in [0.2, 0.25) is 0 Å². The van der Waals surface area contributed by atoms with E-state index in [1.54, 1.807) is 24.4 Å². The van der Waals surface area contributed by atoms with Gasteiger partial charge in [0.25, 0.3) is 0 Å². The summed E-state index contributed by atoms with van der Waals surface area (Å²) < 4.78 is 45.1. The van der Waals surface area contributed by atoms with Gasteiger partial charge in [-0.2, -0.15) is 18.3 Å². The number of aromatic nitrogens is 4. The van der Waals surface area contributed by atoms with Crippen LogP contribution in [0.3, 0.4) is 0 Å². The van der Waals surface area contributed by atoms with Gasteiger partial charge in [-0.1, -0.05) is 6.07 Å². The Morgan fingerprint density at radius 1 is 1.13 bits per heavy atom. The molecule has 4 aromatic rings. The number of alkyl halides is 3. The van der Waals surface area contributed by atoms with Crippen LogP contribution in [0.1, 0.15) is 16.1 Å². The lowest BCUT2D eigenvalue weighted by molar-refractivity contribution is -0.141. The average Bonchev–Trinajstić information content (AvgIpc) is 3.16. The van der Waals surface area contributed by atoms with E-state index in [4.69, 9.17) is 10.5 Å². The van der Waals surface area contributed by atoms with Crippen molar-refractivity contribution in [3.8, 4) is 16.9 Å². The fourth-order valence-electron chi connectivity index (χ4n) is 3.01. The van der Waals surface area contributed by atoms with Crippen molar-refractivity contribution >= 4 is 22.6 Å². The van der Waals surface area contributed by atoms with E-state index in [1.165, 1.54) is 36.3 Å². The number of anilines is 1. The van der Waals surface area contributed by atoms with Gasteiger partial charge in [0.1, 0.15) is 5.69 Å². The monoisotopic (exact) mass is 413 g/mol. The van der Waals surface area contributed by atoms with Gasteiger partial charge >= 0.3 is 12.1 Å². The third-order valence-electron chi connectivity index (χ3n) is 4.38. The lowest BCUT2D eigenvalue weighted by Gasteiger charge is -2.07. The minimum absolute atomic E-state index is 0.0380. The molecule has 0 aliphatic rings. The molecule has 0 bridgehead atoms. The summed E-state index contributed by atoms with van der Waals surface area (Å²) in [4.78, 5) is 20.0. The van der Waals surface area contributed by atoms with Gasteiger partial charge in [-0.25, -0.2) is 14.5 Å². The zero-order chi connectivity index (χ0) is 21.5. The number of hydrogen-bond acceptors (Lipinski definition) is 6. The summed E-state index contributed by atoms with van der Waals surface area (Å²) >= 11 is 0. The number of pyridine rings is 2. The van der Waals surface area contributed by atoms with Gasteiger partial charge in [-0.15, -0.1) is 0 Å². The van der Waals surface area contributed by atoms with Gasteiger partial charge in [0.15, 0.2) is 5.82 Å². The van der Waals surface area contributed by atoms with Gasteiger partial charge < -0.3 is 10.5 Å². The molecule has 7 nitrogen and oxygen atoms in total. The molecule has 1 aromatic carbocycles. The number of fused-ring (bicyclic) bond motifs is 1. The van der Waals surface area contributed by atoms with E-state index in [9.17, 15) is 18.0 Å². The maximum absolute atomic E-state index is 13.0. The molecule has 2 N–H and O–H groups in total. The lowest BCUT2D eigenvalue weighted by atomic mass is 10.0. The van der Waals surface area contributed by atoms with E-state index < -0.39 is 17.8 Å². The maximum Gasteiger partial charge on any atom is 0.433 e. The van der Waals surface area contributed by atoms with Gasteiger partial charge in [-0.3, -0.25) is 4.98 Å². The highest BCUT2D eigenvalue weighted by molar-refractivity contribution is 6.05. The summed E-state index contributed by atoms with van der Waals surface area (Å²) in [7, 11) is 1.24. The van der Waals surface area contributed by atoms with Crippen molar-refractivity contribution in [2.75, 3.05) is 12.8 Å². The summed E-state index contributed by atoms with van der Waals surface area (Å²) in [6.45, 7) is 0. The van der Waals surface area contributed by atoms with Crippen LogP contribution in [-0.2, 0) is 10.9 Å². The smallest absolute Gasteiger partial charge is 0.433 e. The summed E-state index contributed by atoms with van der Waals surface area (Å²) in [6.07, 6.45) is -0.0974. The number of methoxy groups -OCH3 is 1. The molecule has 3 heterocycles. The van der Waals surface area contributed by atoms with Crippen molar-refractivity contribution in [2.24, 2.45) is 0 Å². The number of rotatable bonds is 3. The SMILES string of the molecule is COC(=O)c1cc(-c2cncc(N)c2)cc2nn(-c3cccc(C(F)(F)F)n3)cc12. The number of hydrogen-bond donors (Lipinski definition) is 1. The normalized spacial score (nSPS) is 11.6. The molecule has 0 radical (unpaired) electrons. The number of carbonyl (C=O) groups excluding carboxylic acids is 1. The topological polar surface area (TPSA) is 95.9 Å². The van der Waals surface area contributed by atoms with Crippen LogP contribution in [0, 0.1) is 0 Å². The maximum atomic E-state index is 13.0. The number of halogens is 3. The van der Waals surface area contributed by atoms with Crippen molar-refractivity contribution in [3.63, 3.8) is 0 Å². The van der Waals surface area contributed by atoms with Gasteiger partial charge in [0.05, 0.1) is 23.9 Å². The van der Waals surface area contributed by atoms with Gasteiger partial charge in [-0.05, 0) is 35.9 Å². The summed E-state index contributed by atoms with van der Waals surface area (Å²) in [5, 5.41) is 4.72. The van der Waals surface area contributed by atoms with Crippen LogP contribution < -0.4 is 5.73 Å². The molecule has 0 spiro atoms. The van der Waals surface area contributed by atoms with Crippen LogP contribution in [0.5, 0.6) is 0 Å². The first-order valence-corrected chi connectivity index (χ1v) is 8.63. The summed E-state index contributed by atoms with van der Waals surface area (Å²) in [5.41, 5.74) is 7.00. The Bertz CT molecular complexity index is 1270. The standard InChI is InChI=1S/C20H14F3N5O2/c1-30-19(29)14-6-11(12-5-13(24)9-25-8-12)7-16-15(14)10-28(27-16)18-4-2-3-17(26-18)20(21,22)23/h2-10H,24H2,1H3. The largest absolute Gasteiger partial charge is 0.465 e. The molecule has 0 aliphatic heterocycles. The first-order valence-electron chi connectivity index (χ1n) is 8.63. The molecule has 0 saturated carbocycles. The van der Waals surface area contributed by atoms with E-state index in [2.05, 4.69) is 15.1 Å². The second kappa shape index (κ2) is 7.14. The Kier molecular flexibility index (Phi) is 4.61. The van der Waals surface area contributed by atoms with Gasteiger partial charge in [0, 0.05) is 29.5 Å². The number of nitrogens with zero attached hydrogens (tertiary/aromatic N) is 4. The fourth-order valence-corrected chi connectivity index (χ4v) is 3.01. The van der Waals surface area contributed by atoms with Crippen molar-refractivity contribution in [3.05, 3.63) is 66.2 Å². The quantitative estimate of drug-likeness (QED) is 0.512. The molecule has 152 valence electrons. The van der Waals surface area contributed by atoms with Crippen molar-refractivity contribution in [2.45, 2.75) is 6.18 Å². The summed E-state index contributed by atoms with van der Waals surface area (Å²) in [5.74, 6) is -0.653. The minimum atomic E-state index is -4.59. The molecule has 0 unspecified atom stereocenters. The lowest BCUT2D eigenvalue weighted by Crippen LogP contribution is -2.10. The zero-order valence-electron chi connectivity index (χ0n) is 15.5. The Hall–Kier alpha value is -3.95. The summed E-state index contributed by atoms with van der Waals surface area (Å²) in [6, 6.07) is 8.46. The van der Waals surface area contributed by atoms with Crippen LogP contribution in [0.25, 0.3) is 27.8 Å². The number of nitrogens with two attached hydrogens (primary N) is 1. The molecule has 10 heteroatoms. The number of benzene rings is 1. The zero-order valence-corrected chi connectivity index (χ0v) is 15.5. The third-order valence-corrected chi connectivity index (χ3v) is 4.38. The fraction of sp³-hybridized carbons (Fsp3) is 0.100. The third kappa shape index (κ3) is 3.54.